The Hall–Kier alpha value is -3.51. The smallest absolute Gasteiger partial charge is 0.368 e. The van der Waals surface area contributed by atoms with Crippen molar-refractivity contribution in [2.75, 3.05) is 36.4 Å². The molecule has 0 radical (unpaired) electrons. The van der Waals surface area contributed by atoms with Gasteiger partial charge >= 0.3 is 7.75 Å². The van der Waals surface area contributed by atoms with Gasteiger partial charge in [0.1, 0.15) is 6.04 Å². The molecule has 1 aliphatic rings. The Morgan fingerprint density at radius 3 is 2.79 bits per heavy atom. The predicted octanol–water partition coefficient (Wildman–Crippen LogP) is 3.04. The van der Waals surface area contributed by atoms with Crippen molar-refractivity contribution in [2.45, 2.75) is 38.8 Å². The molecule has 0 fully saturated rings. The summed E-state index contributed by atoms with van der Waals surface area (Å²) in [7, 11) is -3.00. The molecule has 1 aliphatic carbocycles. The maximum atomic E-state index is 12.7. The number of nitrogens with two attached hydrogens (primary N) is 1. The molecular weight excluding hydrogens is 511 g/mol. The van der Waals surface area contributed by atoms with E-state index in [9.17, 15) is 14.3 Å². The maximum absolute atomic E-state index is 12.7. The van der Waals surface area contributed by atoms with Gasteiger partial charge in [-0.15, -0.1) is 0 Å². The average molecular weight is 545 g/mol. The highest BCUT2D eigenvalue weighted by molar-refractivity contribution is 7.51. The molecule has 0 spiro atoms. The van der Waals surface area contributed by atoms with Crippen molar-refractivity contribution in [3.63, 3.8) is 0 Å². The number of anilines is 3. The number of nitrogen functional groups attached to an aromatic ring is 1. The molecule has 0 bridgehead atoms. The molecule has 0 saturated heterocycles. The van der Waals surface area contributed by atoms with E-state index in [1.807, 2.05) is 22.8 Å². The summed E-state index contributed by atoms with van der Waals surface area (Å²) in [4.78, 5) is 41.4. The Morgan fingerprint density at radius 2 is 2.08 bits per heavy atom. The summed E-state index contributed by atoms with van der Waals surface area (Å²) in [5, 5.41) is 6.67. The highest BCUT2D eigenvalue weighted by Gasteiger charge is 2.31. The van der Waals surface area contributed by atoms with Gasteiger partial charge in [-0.25, -0.2) is 14.6 Å². The van der Waals surface area contributed by atoms with E-state index in [2.05, 4.69) is 32.3 Å². The number of rotatable bonds is 12. The van der Waals surface area contributed by atoms with E-state index >= 15 is 0 Å². The van der Waals surface area contributed by atoms with Gasteiger partial charge < -0.3 is 20.5 Å². The number of hydrogen-bond donors (Lipinski definition) is 4. The van der Waals surface area contributed by atoms with E-state index in [0.717, 1.165) is 13.0 Å². The van der Waals surface area contributed by atoms with Crippen LogP contribution in [0.4, 0.5) is 17.5 Å². The van der Waals surface area contributed by atoms with E-state index in [0.29, 0.717) is 29.1 Å². The van der Waals surface area contributed by atoms with Crippen LogP contribution in [0.3, 0.4) is 0 Å². The topological polar surface area (TPSA) is 170 Å². The number of nitrogens with zero attached hydrogens (tertiary/aromatic N) is 5. The number of imidazole rings is 1. The molecule has 5 N–H and O–H groups in total. The second-order valence-electron chi connectivity index (χ2n) is 8.94. The number of allylic oxidation sites excluding steroid dienone is 1. The van der Waals surface area contributed by atoms with Crippen LogP contribution in [0.25, 0.3) is 11.2 Å². The Morgan fingerprint density at radius 1 is 1.32 bits per heavy atom. The SMILES string of the molecule is CCCNc1nc(N)nc2c1ncn2[C@H]1C=C[C@@H](COP(=O)(O)NC(=O)[C@H](C)N(OC)c2ccccc2)C1. The summed E-state index contributed by atoms with van der Waals surface area (Å²) in [6.07, 6.45) is 7.06. The Labute approximate surface area is 220 Å². The lowest BCUT2D eigenvalue weighted by Gasteiger charge is -2.28. The summed E-state index contributed by atoms with van der Waals surface area (Å²) in [5.74, 6) is -0.148. The van der Waals surface area contributed by atoms with Gasteiger partial charge in [0.15, 0.2) is 17.0 Å². The number of para-hydroxylation sites is 1. The van der Waals surface area contributed by atoms with Crippen LogP contribution in [0.1, 0.15) is 32.7 Å². The van der Waals surface area contributed by atoms with Crippen molar-refractivity contribution in [2.24, 2.45) is 5.92 Å². The third kappa shape index (κ3) is 6.30. The Bertz CT molecular complexity index is 1330. The number of aromatic nitrogens is 4. The second-order valence-corrected chi connectivity index (χ2v) is 10.5. The Balaban J connectivity index is 1.35. The molecule has 38 heavy (non-hydrogen) atoms. The quantitative estimate of drug-likeness (QED) is 0.150. The van der Waals surface area contributed by atoms with Crippen molar-refractivity contribution in [1.82, 2.24) is 24.6 Å². The predicted molar refractivity (Wildman–Crippen MR) is 144 cm³/mol. The fraction of sp³-hybridized carbons (Fsp3) is 0.417. The first-order valence-electron chi connectivity index (χ1n) is 12.3. The highest BCUT2D eigenvalue weighted by atomic mass is 31.2. The van der Waals surface area contributed by atoms with Crippen LogP contribution in [0.15, 0.2) is 48.8 Å². The van der Waals surface area contributed by atoms with Gasteiger partial charge in [-0.2, -0.15) is 9.97 Å². The summed E-state index contributed by atoms with van der Waals surface area (Å²) < 4.78 is 19.8. The number of amides is 1. The van der Waals surface area contributed by atoms with Crippen LogP contribution in [0, 0.1) is 5.92 Å². The van der Waals surface area contributed by atoms with Crippen molar-refractivity contribution < 1.29 is 23.6 Å². The van der Waals surface area contributed by atoms with Crippen LogP contribution >= 0.6 is 7.75 Å². The molecule has 1 amide bonds. The monoisotopic (exact) mass is 544 g/mol. The van der Waals surface area contributed by atoms with Crippen LogP contribution in [0.2, 0.25) is 0 Å². The normalized spacial score (nSPS) is 19.3. The zero-order chi connectivity index (χ0) is 27.3. The summed E-state index contributed by atoms with van der Waals surface area (Å²) in [6, 6.07) is 7.96. The van der Waals surface area contributed by atoms with E-state index in [4.69, 9.17) is 15.1 Å². The second kappa shape index (κ2) is 11.9. The molecular formula is C24H33N8O5P. The van der Waals surface area contributed by atoms with Crippen molar-refractivity contribution in [3.05, 3.63) is 48.8 Å². The molecule has 4 rings (SSSR count). The lowest BCUT2D eigenvalue weighted by Crippen LogP contribution is -2.44. The van der Waals surface area contributed by atoms with Crippen molar-refractivity contribution in [1.29, 1.82) is 0 Å². The molecule has 0 saturated carbocycles. The molecule has 204 valence electrons. The molecule has 4 atom stereocenters. The number of fused-ring (bicyclic) bond motifs is 1. The first-order valence-corrected chi connectivity index (χ1v) is 13.9. The molecule has 1 unspecified atom stereocenters. The average Bonchev–Trinajstić information content (AvgIpc) is 3.54. The lowest BCUT2D eigenvalue weighted by molar-refractivity contribution is -0.122. The molecule has 14 heteroatoms. The minimum atomic E-state index is -4.42. The number of nitrogens with one attached hydrogen (secondary N) is 2. The molecule has 0 aliphatic heterocycles. The number of carbonyl (C=O) groups is 1. The summed E-state index contributed by atoms with van der Waals surface area (Å²) in [6.45, 7) is 4.28. The molecule has 1 aromatic carbocycles. The summed E-state index contributed by atoms with van der Waals surface area (Å²) in [5.41, 5.74) is 7.77. The van der Waals surface area contributed by atoms with Crippen molar-refractivity contribution >= 4 is 42.3 Å². The minimum absolute atomic E-state index is 0.0603. The maximum Gasteiger partial charge on any atom is 0.432 e. The van der Waals surface area contributed by atoms with Gasteiger partial charge in [0.25, 0.3) is 5.91 Å². The van der Waals surface area contributed by atoms with Crippen LogP contribution in [0.5, 0.6) is 0 Å². The number of hydrogen-bond acceptors (Lipinski definition) is 10. The zero-order valence-corrected chi connectivity index (χ0v) is 22.4. The van der Waals surface area contributed by atoms with Crippen LogP contribution in [-0.2, 0) is 18.7 Å². The standard InChI is InChI=1S/C24H33N8O5P/c1-4-12-26-21-20-22(29-24(25)28-21)31(15-27-20)19-11-10-17(13-19)14-37-38(34,35)30-23(33)16(2)32(36-3)18-8-6-5-7-9-18/h5-11,15-17,19H,4,12-14H2,1-3H3,(H3,25,26,28,29)(H2,30,33,34,35)/t16-,17+,19-/m0/s1. The summed E-state index contributed by atoms with van der Waals surface area (Å²) >= 11 is 0. The van der Waals surface area contributed by atoms with Gasteiger partial charge in [0, 0.05) is 12.5 Å². The van der Waals surface area contributed by atoms with Gasteiger partial charge in [-0.1, -0.05) is 37.3 Å². The number of carbonyl (C=O) groups excluding carboxylic acids is 1. The molecule has 13 nitrogen and oxygen atoms in total. The van der Waals surface area contributed by atoms with Gasteiger partial charge in [0.05, 0.1) is 31.8 Å². The van der Waals surface area contributed by atoms with E-state index in [1.54, 1.807) is 37.5 Å². The fourth-order valence-electron chi connectivity index (χ4n) is 4.26. The highest BCUT2D eigenvalue weighted by Crippen LogP contribution is 2.40. The van der Waals surface area contributed by atoms with Crippen LogP contribution < -0.4 is 21.2 Å². The van der Waals surface area contributed by atoms with E-state index in [1.165, 1.54) is 12.2 Å². The third-order valence-corrected chi connectivity index (χ3v) is 7.14. The number of hydroxylamine groups is 1. The largest absolute Gasteiger partial charge is 0.432 e. The number of benzene rings is 1. The zero-order valence-electron chi connectivity index (χ0n) is 21.5. The first-order chi connectivity index (χ1) is 18.2. The van der Waals surface area contributed by atoms with Crippen molar-refractivity contribution in [3.8, 4) is 0 Å². The van der Waals surface area contributed by atoms with Crippen LogP contribution in [-0.4, -0.2) is 56.6 Å². The minimum Gasteiger partial charge on any atom is -0.368 e. The first kappa shape index (κ1) is 27.5. The molecule has 3 aromatic rings. The van der Waals surface area contributed by atoms with Gasteiger partial charge in [0.2, 0.25) is 5.95 Å². The van der Waals surface area contributed by atoms with E-state index in [-0.39, 0.29) is 24.5 Å². The fourth-order valence-corrected chi connectivity index (χ4v) is 5.18. The third-order valence-electron chi connectivity index (χ3n) is 6.14. The molecule has 2 heterocycles. The van der Waals surface area contributed by atoms with Gasteiger partial charge in [-0.05, 0) is 31.9 Å². The lowest BCUT2D eigenvalue weighted by atomic mass is 10.1. The van der Waals surface area contributed by atoms with Gasteiger partial charge in [-0.3, -0.25) is 19.2 Å². The Kier molecular flexibility index (Phi) is 8.62. The van der Waals surface area contributed by atoms with E-state index < -0.39 is 19.7 Å². The molecule has 2 aromatic heterocycles.